The minimum Gasteiger partial charge on any atom is -0.493 e. The van der Waals surface area contributed by atoms with E-state index in [4.69, 9.17) is 9.47 Å². The van der Waals surface area contributed by atoms with Crippen molar-refractivity contribution in [2.45, 2.75) is 26.9 Å². The molecule has 23 heavy (non-hydrogen) atoms. The molecule has 3 nitrogen and oxygen atoms in total. The molecule has 122 valence electrons. The monoisotopic (exact) mass is 311 g/mol. The summed E-state index contributed by atoms with van der Waals surface area (Å²) in [5.41, 5.74) is 4.70. The Bertz CT molecular complexity index is 647. The standard InChI is InChI=1S/C20H25NO2/c1-15(2)14-23-20-11-18(9-10-19(20)22-4)13-21-12-17-7-5-16(3)6-8-17/h5-11,21H,1,12-14H2,2-4H3. The van der Waals surface area contributed by atoms with Crippen molar-refractivity contribution in [3.63, 3.8) is 0 Å². The third kappa shape index (κ3) is 5.46. The van der Waals surface area contributed by atoms with Gasteiger partial charge in [-0.25, -0.2) is 0 Å². The van der Waals surface area contributed by atoms with Gasteiger partial charge in [-0.2, -0.15) is 0 Å². The van der Waals surface area contributed by atoms with Gasteiger partial charge in [0.1, 0.15) is 6.61 Å². The first-order chi connectivity index (χ1) is 11.1. The molecular weight excluding hydrogens is 286 g/mol. The van der Waals surface area contributed by atoms with Crippen molar-refractivity contribution in [3.05, 3.63) is 71.3 Å². The van der Waals surface area contributed by atoms with Gasteiger partial charge in [0.05, 0.1) is 7.11 Å². The molecule has 0 aromatic heterocycles. The van der Waals surface area contributed by atoms with E-state index < -0.39 is 0 Å². The van der Waals surface area contributed by atoms with E-state index in [-0.39, 0.29) is 0 Å². The van der Waals surface area contributed by atoms with Crippen molar-refractivity contribution < 1.29 is 9.47 Å². The molecule has 0 radical (unpaired) electrons. The van der Waals surface area contributed by atoms with E-state index in [9.17, 15) is 0 Å². The molecule has 0 bridgehead atoms. The first-order valence-corrected chi connectivity index (χ1v) is 7.79. The molecule has 2 aromatic carbocycles. The highest BCUT2D eigenvalue weighted by Crippen LogP contribution is 2.28. The minimum absolute atomic E-state index is 0.497. The fourth-order valence-corrected chi connectivity index (χ4v) is 2.20. The predicted molar refractivity (Wildman–Crippen MR) is 95.0 cm³/mol. The molecule has 0 aliphatic rings. The van der Waals surface area contributed by atoms with Gasteiger partial charge in [0.15, 0.2) is 11.5 Å². The molecule has 2 aromatic rings. The zero-order valence-corrected chi connectivity index (χ0v) is 14.2. The van der Waals surface area contributed by atoms with Crippen LogP contribution in [0.1, 0.15) is 23.6 Å². The molecule has 0 amide bonds. The van der Waals surface area contributed by atoms with Crippen LogP contribution in [0, 0.1) is 6.92 Å². The molecule has 0 aliphatic carbocycles. The molecule has 3 heteroatoms. The van der Waals surface area contributed by atoms with Crippen LogP contribution in [0.2, 0.25) is 0 Å². The highest BCUT2D eigenvalue weighted by Gasteiger charge is 2.06. The van der Waals surface area contributed by atoms with E-state index in [0.717, 1.165) is 35.7 Å². The largest absolute Gasteiger partial charge is 0.493 e. The quantitative estimate of drug-likeness (QED) is 0.739. The number of methoxy groups -OCH3 is 1. The van der Waals surface area contributed by atoms with Crippen molar-refractivity contribution in [1.29, 1.82) is 0 Å². The van der Waals surface area contributed by atoms with Crippen molar-refractivity contribution in [2.75, 3.05) is 13.7 Å². The lowest BCUT2D eigenvalue weighted by Crippen LogP contribution is -2.13. The maximum Gasteiger partial charge on any atom is 0.161 e. The van der Waals surface area contributed by atoms with Crippen LogP contribution < -0.4 is 14.8 Å². The number of ether oxygens (including phenoxy) is 2. The van der Waals surface area contributed by atoms with Crippen LogP contribution in [-0.2, 0) is 13.1 Å². The molecule has 0 unspecified atom stereocenters. The summed E-state index contributed by atoms with van der Waals surface area (Å²) in [6.07, 6.45) is 0. The van der Waals surface area contributed by atoms with Gasteiger partial charge in [0.25, 0.3) is 0 Å². The zero-order chi connectivity index (χ0) is 16.7. The Morgan fingerprint density at radius 3 is 2.30 bits per heavy atom. The van der Waals surface area contributed by atoms with Crippen LogP contribution in [0.15, 0.2) is 54.6 Å². The van der Waals surface area contributed by atoms with Crippen LogP contribution in [-0.4, -0.2) is 13.7 Å². The van der Waals surface area contributed by atoms with Gasteiger partial charge in [0, 0.05) is 13.1 Å². The van der Waals surface area contributed by atoms with E-state index in [0.29, 0.717) is 6.61 Å². The van der Waals surface area contributed by atoms with Crippen molar-refractivity contribution in [1.82, 2.24) is 5.32 Å². The van der Waals surface area contributed by atoms with Gasteiger partial charge < -0.3 is 14.8 Å². The summed E-state index contributed by atoms with van der Waals surface area (Å²) in [5, 5.41) is 3.45. The lowest BCUT2D eigenvalue weighted by atomic mass is 10.1. The molecule has 0 saturated carbocycles. The SMILES string of the molecule is C=C(C)COc1cc(CNCc2ccc(C)cc2)ccc1OC. The number of hydrogen-bond donors (Lipinski definition) is 1. The number of rotatable bonds is 8. The molecule has 0 aliphatic heterocycles. The molecule has 0 heterocycles. The van der Waals surface area contributed by atoms with Gasteiger partial charge in [-0.15, -0.1) is 0 Å². The first kappa shape index (κ1) is 17.1. The van der Waals surface area contributed by atoms with Crippen LogP contribution in [0.4, 0.5) is 0 Å². The van der Waals surface area contributed by atoms with Crippen LogP contribution in [0.3, 0.4) is 0 Å². The zero-order valence-electron chi connectivity index (χ0n) is 14.2. The number of nitrogens with one attached hydrogen (secondary N) is 1. The fraction of sp³-hybridized carbons (Fsp3) is 0.300. The van der Waals surface area contributed by atoms with E-state index >= 15 is 0 Å². The summed E-state index contributed by atoms with van der Waals surface area (Å²) in [6, 6.07) is 14.6. The molecular formula is C20H25NO2. The Morgan fingerprint density at radius 1 is 1.00 bits per heavy atom. The van der Waals surface area contributed by atoms with E-state index in [2.05, 4.69) is 49.2 Å². The topological polar surface area (TPSA) is 30.5 Å². The second kappa shape index (κ2) is 8.39. The lowest BCUT2D eigenvalue weighted by Gasteiger charge is -2.13. The smallest absolute Gasteiger partial charge is 0.161 e. The van der Waals surface area contributed by atoms with Gasteiger partial charge in [-0.1, -0.05) is 42.5 Å². The average molecular weight is 311 g/mol. The predicted octanol–water partition coefficient (Wildman–Crippen LogP) is 4.25. The van der Waals surface area contributed by atoms with E-state index in [1.807, 2.05) is 19.1 Å². The van der Waals surface area contributed by atoms with E-state index in [1.54, 1.807) is 7.11 Å². The minimum atomic E-state index is 0.497. The third-order valence-corrected chi connectivity index (χ3v) is 3.48. The van der Waals surface area contributed by atoms with Gasteiger partial charge >= 0.3 is 0 Å². The summed E-state index contributed by atoms with van der Waals surface area (Å²) < 4.78 is 11.1. The fourth-order valence-electron chi connectivity index (χ4n) is 2.20. The highest BCUT2D eigenvalue weighted by atomic mass is 16.5. The number of benzene rings is 2. The maximum atomic E-state index is 5.76. The van der Waals surface area contributed by atoms with Crippen LogP contribution in [0.25, 0.3) is 0 Å². The van der Waals surface area contributed by atoms with Crippen LogP contribution >= 0.6 is 0 Å². The lowest BCUT2D eigenvalue weighted by molar-refractivity contribution is 0.319. The Labute approximate surface area is 138 Å². The van der Waals surface area contributed by atoms with Gasteiger partial charge in [0.2, 0.25) is 0 Å². The Hall–Kier alpha value is -2.26. The van der Waals surface area contributed by atoms with Gasteiger partial charge in [-0.05, 0) is 42.7 Å². The van der Waals surface area contributed by atoms with Crippen molar-refractivity contribution >= 4 is 0 Å². The Morgan fingerprint density at radius 2 is 1.65 bits per heavy atom. The van der Waals surface area contributed by atoms with Gasteiger partial charge in [-0.3, -0.25) is 0 Å². The first-order valence-electron chi connectivity index (χ1n) is 7.79. The summed E-state index contributed by atoms with van der Waals surface area (Å²) in [6.45, 7) is 10.0. The van der Waals surface area contributed by atoms with E-state index in [1.165, 1.54) is 11.1 Å². The van der Waals surface area contributed by atoms with Crippen molar-refractivity contribution in [2.24, 2.45) is 0 Å². The highest BCUT2D eigenvalue weighted by molar-refractivity contribution is 5.43. The summed E-state index contributed by atoms with van der Waals surface area (Å²) in [5.74, 6) is 1.50. The maximum absolute atomic E-state index is 5.76. The Kier molecular flexibility index (Phi) is 6.24. The molecule has 0 saturated heterocycles. The third-order valence-electron chi connectivity index (χ3n) is 3.48. The summed E-state index contributed by atoms with van der Waals surface area (Å²) >= 11 is 0. The number of aryl methyl sites for hydroxylation is 1. The average Bonchev–Trinajstić information content (AvgIpc) is 2.55. The second-order valence-corrected chi connectivity index (χ2v) is 5.82. The summed E-state index contributed by atoms with van der Waals surface area (Å²) in [7, 11) is 1.65. The van der Waals surface area contributed by atoms with Crippen LogP contribution in [0.5, 0.6) is 11.5 Å². The van der Waals surface area contributed by atoms with Crippen molar-refractivity contribution in [3.8, 4) is 11.5 Å². The molecule has 2 rings (SSSR count). The molecule has 0 fully saturated rings. The second-order valence-electron chi connectivity index (χ2n) is 5.82. The molecule has 1 N–H and O–H groups in total. The molecule has 0 spiro atoms. The summed E-state index contributed by atoms with van der Waals surface area (Å²) in [4.78, 5) is 0. The normalized spacial score (nSPS) is 10.4. The Balaban J connectivity index is 1.95. The molecule has 0 atom stereocenters. The number of hydrogen-bond acceptors (Lipinski definition) is 3.